The van der Waals surface area contributed by atoms with Gasteiger partial charge in [-0.05, 0) is 19.8 Å². The van der Waals surface area contributed by atoms with Gasteiger partial charge in [-0.3, -0.25) is 4.79 Å². The predicted molar refractivity (Wildman–Crippen MR) is 80.2 cm³/mol. The first-order chi connectivity index (χ1) is 10.0. The van der Waals surface area contributed by atoms with Crippen LogP contribution in [0.4, 0.5) is 4.79 Å². The molecule has 0 spiro atoms. The first-order valence-corrected chi connectivity index (χ1v) is 8.00. The second kappa shape index (κ2) is 6.89. The summed E-state index contributed by atoms with van der Waals surface area (Å²) in [5, 5.41) is 15.7. The number of carboxylic acids is 1. The molecule has 0 saturated heterocycles. The first kappa shape index (κ1) is 15.8. The average Bonchev–Trinajstić information content (AvgIpc) is 2.89. The largest absolute Gasteiger partial charge is 0.481 e. The van der Waals surface area contributed by atoms with Crippen molar-refractivity contribution < 1.29 is 14.7 Å². The Kier molecular flexibility index (Phi) is 5.17. The molecular formula is C14H21N3O3S. The highest BCUT2D eigenvalue weighted by molar-refractivity contribution is 7.11. The van der Waals surface area contributed by atoms with Gasteiger partial charge in [-0.15, -0.1) is 11.3 Å². The normalized spacial score (nSPS) is 17.2. The summed E-state index contributed by atoms with van der Waals surface area (Å²) >= 11 is 1.53. The fourth-order valence-electron chi connectivity index (χ4n) is 2.65. The molecule has 1 aliphatic rings. The molecule has 1 aromatic heterocycles. The molecule has 0 radical (unpaired) electrons. The minimum Gasteiger partial charge on any atom is -0.481 e. The highest BCUT2D eigenvalue weighted by atomic mass is 32.1. The maximum absolute atomic E-state index is 11.8. The van der Waals surface area contributed by atoms with Crippen LogP contribution in [0.2, 0.25) is 0 Å². The molecule has 2 amide bonds. The van der Waals surface area contributed by atoms with Crippen LogP contribution in [-0.2, 0) is 11.3 Å². The van der Waals surface area contributed by atoms with Gasteiger partial charge in [0.2, 0.25) is 0 Å². The molecule has 0 atom stereocenters. The smallest absolute Gasteiger partial charge is 0.315 e. The zero-order valence-electron chi connectivity index (χ0n) is 12.1. The highest BCUT2D eigenvalue weighted by Crippen LogP contribution is 2.35. The van der Waals surface area contributed by atoms with E-state index >= 15 is 0 Å². The van der Waals surface area contributed by atoms with Crippen molar-refractivity contribution in [3.8, 4) is 0 Å². The van der Waals surface area contributed by atoms with E-state index in [1.165, 1.54) is 11.3 Å². The van der Waals surface area contributed by atoms with E-state index in [0.717, 1.165) is 29.1 Å². The van der Waals surface area contributed by atoms with Crippen molar-refractivity contribution in [1.82, 2.24) is 15.6 Å². The van der Waals surface area contributed by atoms with Crippen molar-refractivity contribution in [2.24, 2.45) is 5.41 Å². The van der Waals surface area contributed by atoms with Crippen LogP contribution in [0.15, 0.2) is 6.20 Å². The molecule has 116 valence electrons. The number of carbonyl (C=O) groups is 2. The van der Waals surface area contributed by atoms with Crippen LogP contribution in [0.3, 0.4) is 0 Å². The number of urea groups is 1. The van der Waals surface area contributed by atoms with Crippen molar-refractivity contribution in [2.45, 2.75) is 45.6 Å². The molecule has 21 heavy (non-hydrogen) atoms. The fourth-order valence-corrected chi connectivity index (χ4v) is 3.37. The van der Waals surface area contributed by atoms with Crippen LogP contribution in [0, 0.1) is 12.3 Å². The van der Waals surface area contributed by atoms with Crippen LogP contribution in [0.5, 0.6) is 0 Å². The Balaban J connectivity index is 1.80. The maximum Gasteiger partial charge on any atom is 0.315 e. The Morgan fingerprint density at radius 2 is 2.05 bits per heavy atom. The number of aromatic nitrogens is 1. The SMILES string of the molecule is Cc1cnc(CNC(=O)NCC2(C(=O)O)CCCCC2)s1. The van der Waals surface area contributed by atoms with E-state index in [0.29, 0.717) is 19.4 Å². The zero-order chi connectivity index (χ0) is 15.3. The van der Waals surface area contributed by atoms with Crippen LogP contribution < -0.4 is 10.6 Å². The predicted octanol–water partition coefficient (Wildman–Crippen LogP) is 2.29. The van der Waals surface area contributed by atoms with Crippen molar-refractivity contribution in [2.75, 3.05) is 6.54 Å². The van der Waals surface area contributed by atoms with Crippen LogP contribution in [-0.4, -0.2) is 28.6 Å². The van der Waals surface area contributed by atoms with E-state index in [1.807, 2.05) is 6.92 Å². The molecule has 6 nitrogen and oxygen atoms in total. The van der Waals surface area contributed by atoms with E-state index in [1.54, 1.807) is 6.20 Å². The Hall–Kier alpha value is -1.63. The molecule has 0 bridgehead atoms. The number of aryl methyl sites for hydroxylation is 1. The zero-order valence-corrected chi connectivity index (χ0v) is 13.0. The number of carboxylic acid groups (broad SMARTS) is 1. The Morgan fingerprint density at radius 1 is 1.33 bits per heavy atom. The van der Waals surface area contributed by atoms with Crippen molar-refractivity contribution in [3.63, 3.8) is 0 Å². The van der Waals surface area contributed by atoms with Crippen LogP contribution >= 0.6 is 11.3 Å². The van der Waals surface area contributed by atoms with E-state index < -0.39 is 11.4 Å². The highest BCUT2D eigenvalue weighted by Gasteiger charge is 2.39. The summed E-state index contributed by atoms with van der Waals surface area (Å²) in [4.78, 5) is 28.5. The van der Waals surface area contributed by atoms with E-state index in [-0.39, 0.29) is 12.6 Å². The number of carbonyl (C=O) groups excluding carboxylic acids is 1. The lowest BCUT2D eigenvalue weighted by atomic mass is 9.74. The molecule has 1 fully saturated rings. The lowest BCUT2D eigenvalue weighted by Gasteiger charge is -2.33. The summed E-state index contributed by atoms with van der Waals surface area (Å²) in [6.45, 7) is 2.51. The van der Waals surface area contributed by atoms with Gasteiger partial charge >= 0.3 is 12.0 Å². The molecule has 1 aromatic rings. The fraction of sp³-hybridized carbons (Fsp3) is 0.643. The lowest BCUT2D eigenvalue weighted by molar-refractivity contribution is -0.150. The van der Waals surface area contributed by atoms with Crippen LogP contribution in [0.25, 0.3) is 0 Å². The minimum atomic E-state index is -0.807. The molecule has 1 aliphatic carbocycles. The number of nitrogens with zero attached hydrogens (tertiary/aromatic N) is 1. The maximum atomic E-state index is 11.8. The third-order valence-electron chi connectivity index (χ3n) is 3.92. The first-order valence-electron chi connectivity index (χ1n) is 7.18. The summed E-state index contributed by atoms with van der Waals surface area (Å²) in [6, 6.07) is -0.339. The lowest BCUT2D eigenvalue weighted by Crippen LogP contribution is -2.47. The second-order valence-corrected chi connectivity index (χ2v) is 6.87. The number of rotatable bonds is 5. The van der Waals surface area contributed by atoms with Crippen molar-refractivity contribution in [1.29, 1.82) is 0 Å². The number of thiazole rings is 1. The van der Waals surface area contributed by atoms with Crippen molar-refractivity contribution in [3.05, 3.63) is 16.1 Å². The number of hydrogen-bond donors (Lipinski definition) is 3. The average molecular weight is 311 g/mol. The molecule has 3 N–H and O–H groups in total. The summed E-state index contributed by atoms with van der Waals surface area (Å²) in [5.74, 6) is -0.807. The number of amides is 2. The van der Waals surface area contributed by atoms with Gasteiger partial charge < -0.3 is 15.7 Å². The van der Waals surface area contributed by atoms with E-state index in [9.17, 15) is 14.7 Å². The van der Waals surface area contributed by atoms with Gasteiger partial charge in [0, 0.05) is 17.6 Å². The molecule has 0 aromatic carbocycles. The molecule has 1 heterocycles. The third-order valence-corrected chi connectivity index (χ3v) is 4.83. The third kappa shape index (κ3) is 4.17. The number of aliphatic carboxylic acids is 1. The van der Waals surface area contributed by atoms with Gasteiger partial charge in [-0.2, -0.15) is 0 Å². The minimum absolute atomic E-state index is 0.186. The van der Waals surface area contributed by atoms with Gasteiger partial charge in [-0.25, -0.2) is 9.78 Å². The van der Waals surface area contributed by atoms with Crippen LogP contribution in [0.1, 0.15) is 42.0 Å². The number of hydrogen-bond acceptors (Lipinski definition) is 4. The molecular weight excluding hydrogens is 290 g/mol. The van der Waals surface area contributed by atoms with Gasteiger partial charge in [0.25, 0.3) is 0 Å². The molecule has 7 heteroatoms. The van der Waals surface area contributed by atoms with Crippen molar-refractivity contribution >= 4 is 23.3 Å². The summed E-state index contributed by atoms with van der Waals surface area (Å²) in [6.07, 6.45) is 5.93. The standard InChI is InChI=1S/C14H21N3O3S/c1-10-7-15-11(21-10)8-16-13(20)17-9-14(12(18)19)5-3-2-4-6-14/h7H,2-6,8-9H2,1H3,(H,18,19)(H2,16,17,20). The summed E-state index contributed by atoms with van der Waals surface area (Å²) in [5.41, 5.74) is -0.798. The molecule has 0 aliphatic heterocycles. The number of nitrogens with one attached hydrogen (secondary N) is 2. The van der Waals surface area contributed by atoms with Gasteiger partial charge in [0.15, 0.2) is 0 Å². The quantitative estimate of drug-likeness (QED) is 0.778. The van der Waals surface area contributed by atoms with Gasteiger partial charge in [-0.1, -0.05) is 19.3 Å². The van der Waals surface area contributed by atoms with E-state index in [2.05, 4.69) is 15.6 Å². The second-order valence-electron chi connectivity index (χ2n) is 5.55. The Morgan fingerprint density at radius 3 is 2.62 bits per heavy atom. The molecule has 1 saturated carbocycles. The molecule has 2 rings (SSSR count). The monoisotopic (exact) mass is 311 g/mol. The topological polar surface area (TPSA) is 91.3 Å². The summed E-state index contributed by atoms with van der Waals surface area (Å²) < 4.78 is 0. The van der Waals surface area contributed by atoms with E-state index in [4.69, 9.17) is 0 Å². The Labute approximate surface area is 128 Å². The Bertz CT molecular complexity index is 509. The van der Waals surface area contributed by atoms with Gasteiger partial charge in [0.1, 0.15) is 5.01 Å². The van der Waals surface area contributed by atoms with Gasteiger partial charge in [0.05, 0.1) is 12.0 Å². The molecule has 0 unspecified atom stereocenters. The summed E-state index contributed by atoms with van der Waals surface area (Å²) in [7, 11) is 0.